The molecule has 2 fully saturated rings. The van der Waals surface area contributed by atoms with Crippen LogP contribution in [-0.4, -0.2) is 38.4 Å². The molecule has 0 amide bonds. The van der Waals surface area contributed by atoms with Gasteiger partial charge in [-0.1, -0.05) is 26.0 Å². The van der Waals surface area contributed by atoms with E-state index < -0.39 is 10.0 Å². The van der Waals surface area contributed by atoms with E-state index in [9.17, 15) is 8.42 Å². The number of piperidine rings is 1. The predicted octanol–water partition coefficient (Wildman–Crippen LogP) is 3.46. The first kappa shape index (κ1) is 20.7. The van der Waals surface area contributed by atoms with Gasteiger partial charge >= 0.3 is 0 Å². The van der Waals surface area contributed by atoms with E-state index in [0.29, 0.717) is 29.9 Å². The minimum absolute atomic E-state index is 0. The van der Waals surface area contributed by atoms with Crippen LogP contribution in [0.5, 0.6) is 0 Å². The highest BCUT2D eigenvalue weighted by Crippen LogP contribution is 2.28. The molecule has 2 aliphatic rings. The molecule has 0 bridgehead atoms. The maximum atomic E-state index is 12.8. The molecule has 0 atom stereocenters. The summed E-state index contributed by atoms with van der Waals surface area (Å²) in [6.45, 7) is 6.70. The molecule has 0 radical (unpaired) electrons. The molecule has 1 heterocycles. The zero-order valence-corrected chi connectivity index (χ0v) is 16.9. The van der Waals surface area contributed by atoms with Gasteiger partial charge in [-0.3, -0.25) is 0 Å². The highest BCUT2D eigenvalue weighted by molar-refractivity contribution is 7.89. The molecule has 142 valence electrons. The third-order valence-electron chi connectivity index (χ3n) is 5.05. The summed E-state index contributed by atoms with van der Waals surface area (Å²) in [7, 11) is -3.34. The van der Waals surface area contributed by atoms with E-state index in [4.69, 9.17) is 0 Å². The Labute approximate surface area is 158 Å². The number of halogens is 1. The van der Waals surface area contributed by atoms with Crippen LogP contribution in [0.15, 0.2) is 29.2 Å². The molecule has 1 saturated carbocycles. The predicted molar refractivity (Wildman–Crippen MR) is 105 cm³/mol. The Morgan fingerprint density at radius 2 is 1.68 bits per heavy atom. The fourth-order valence-corrected chi connectivity index (χ4v) is 4.84. The number of benzene rings is 1. The smallest absolute Gasteiger partial charge is 0.243 e. The van der Waals surface area contributed by atoms with Crippen LogP contribution in [0.2, 0.25) is 0 Å². The van der Waals surface area contributed by atoms with Crippen molar-refractivity contribution in [2.45, 2.75) is 56.9 Å². The largest absolute Gasteiger partial charge is 0.314 e. The minimum Gasteiger partial charge on any atom is -0.314 e. The third-order valence-corrected chi connectivity index (χ3v) is 6.96. The number of hydrogen-bond donors (Lipinski definition) is 1. The second-order valence-corrected chi connectivity index (χ2v) is 9.71. The maximum absolute atomic E-state index is 12.8. The van der Waals surface area contributed by atoms with Gasteiger partial charge in [-0.05, 0) is 68.2 Å². The summed E-state index contributed by atoms with van der Waals surface area (Å²) in [4.78, 5) is 0.430. The van der Waals surface area contributed by atoms with Crippen molar-refractivity contribution in [3.05, 3.63) is 29.8 Å². The van der Waals surface area contributed by atoms with Gasteiger partial charge in [-0.25, -0.2) is 8.42 Å². The first-order valence-corrected chi connectivity index (χ1v) is 10.7. The van der Waals surface area contributed by atoms with Crippen molar-refractivity contribution in [2.24, 2.45) is 11.8 Å². The number of nitrogens with one attached hydrogen (secondary N) is 1. The van der Waals surface area contributed by atoms with Crippen molar-refractivity contribution < 1.29 is 8.42 Å². The first-order chi connectivity index (χ1) is 11.4. The van der Waals surface area contributed by atoms with Gasteiger partial charge < -0.3 is 5.32 Å². The highest BCUT2D eigenvalue weighted by atomic mass is 35.5. The molecule has 4 nitrogen and oxygen atoms in total. The van der Waals surface area contributed by atoms with E-state index in [0.717, 1.165) is 31.7 Å². The summed E-state index contributed by atoms with van der Waals surface area (Å²) in [5.41, 5.74) is 1.20. The summed E-state index contributed by atoms with van der Waals surface area (Å²) in [6, 6.07) is 7.92. The molecule has 0 spiro atoms. The second kappa shape index (κ2) is 8.85. The van der Waals surface area contributed by atoms with E-state index in [2.05, 4.69) is 19.2 Å². The normalized spacial score (nSPS) is 19.8. The van der Waals surface area contributed by atoms with Crippen LogP contribution in [0.3, 0.4) is 0 Å². The van der Waals surface area contributed by atoms with E-state index in [1.54, 1.807) is 16.4 Å². The van der Waals surface area contributed by atoms with E-state index >= 15 is 0 Å². The Kier molecular flexibility index (Phi) is 7.32. The SMILES string of the molecule is CC(C)Cc1ccc(S(=O)(=O)N2CCC(NCC3CC3)CC2)cc1.Cl. The number of nitrogens with zero attached hydrogens (tertiary/aromatic N) is 1. The van der Waals surface area contributed by atoms with Crippen LogP contribution in [0.25, 0.3) is 0 Å². The third kappa shape index (κ3) is 5.68. The molecule has 1 aliphatic carbocycles. The number of sulfonamides is 1. The lowest BCUT2D eigenvalue weighted by molar-refractivity contribution is 0.288. The average Bonchev–Trinajstić information content (AvgIpc) is 3.38. The topological polar surface area (TPSA) is 49.4 Å². The van der Waals surface area contributed by atoms with Crippen molar-refractivity contribution in [1.29, 1.82) is 0 Å². The van der Waals surface area contributed by atoms with Gasteiger partial charge in [-0.2, -0.15) is 4.31 Å². The Morgan fingerprint density at radius 3 is 2.20 bits per heavy atom. The molecule has 0 aromatic heterocycles. The van der Waals surface area contributed by atoms with Crippen LogP contribution in [0.1, 0.15) is 45.1 Å². The van der Waals surface area contributed by atoms with Gasteiger partial charge in [0, 0.05) is 19.1 Å². The summed E-state index contributed by atoms with van der Waals surface area (Å²) >= 11 is 0. The molecule has 0 unspecified atom stereocenters. The lowest BCUT2D eigenvalue weighted by Crippen LogP contribution is -2.45. The quantitative estimate of drug-likeness (QED) is 0.780. The van der Waals surface area contributed by atoms with Gasteiger partial charge in [0.1, 0.15) is 0 Å². The zero-order valence-electron chi connectivity index (χ0n) is 15.3. The average molecular weight is 387 g/mol. The van der Waals surface area contributed by atoms with Crippen molar-refractivity contribution in [1.82, 2.24) is 9.62 Å². The van der Waals surface area contributed by atoms with E-state index in [1.807, 2.05) is 12.1 Å². The van der Waals surface area contributed by atoms with E-state index in [-0.39, 0.29) is 12.4 Å². The van der Waals surface area contributed by atoms with Crippen molar-refractivity contribution in [3.8, 4) is 0 Å². The van der Waals surface area contributed by atoms with Gasteiger partial charge in [-0.15, -0.1) is 12.4 Å². The van der Waals surface area contributed by atoms with Crippen LogP contribution in [0, 0.1) is 11.8 Å². The van der Waals surface area contributed by atoms with Crippen LogP contribution in [-0.2, 0) is 16.4 Å². The molecule has 1 N–H and O–H groups in total. The van der Waals surface area contributed by atoms with Crippen LogP contribution in [0.4, 0.5) is 0 Å². The Balaban J connectivity index is 0.00000225. The zero-order chi connectivity index (χ0) is 17.2. The summed E-state index contributed by atoms with van der Waals surface area (Å²) < 4.78 is 27.3. The number of hydrogen-bond acceptors (Lipinski definition) is 3. The molecule has 1 aliphatic heterocycles. The lowest BCUT2D eigenvalue weighted by Gasteiger charge is -2.31. The molecule has 3 rings (SSSR count). The monoisotopic (exact) mass is 386 g/mol. The van der Waals surface area contributed by atoms with Gasteiger partial charge in [0.25, 0.3) is 0 Å². The van der Waals surface area contributed by atoms with Crippen LogP contribution >= 0.6 is 12.4 Å². The van der Waals surface area contributed by atoms with Crippen LogP contribution < -0.4 is 5.32 Å². The Bertz CT molecular complexity index is 634. The molecule has 6 heteroatoms. The summed E-state index contributed by atoms with van der Waals surface area (Å²) in [6.07, 6.45) is 5.52. The van der Waals surface area contributed by atoms with Crippen molar-refractivity contribution >= 4 is 22.4 Å². The van der Waals surface area contributed by atoms with Gasteiger partial charge in [0.15, 0.2) is 0 Å². The van der Waals surface area contributed by atoms with Gasteiger partial charge in [0.2, 0.25) is 10.0 Å². The summed E-state index contributed by atoms with van der Waals surface area (Å²) in [5, 5.41) is 3.60. The fraction of sp³-hybridized carbons (Fsp3) is 0.684. The maximum Gasteiger partial charge on any atom is 0.243 e. The Hall–Kier alpha value is -0.620. The van der Waals surface area contributed by atoms with E-state index in [1.165, 1.54) is 18.4 Å². The highest BCUT2D eigenvalue weighted by Gasteiger charge is 2.30. The molecular formula is C19H31ClN2O2S. The lowest BCUT2D eigenvalue weighted by atomic mass is 10.0. The minimum atomic E-state index is -3.34. The molecule has 1 saturated heterocycles. The molecular weight excluding hydrogens is 356 g/mol. The Morgan fingerprint density at radius 1 is 1.08 bits per heavy atom. The molecule has 1 aromatic rings. The van der Waals surface area contributed by atoms with Gasteiger partial charge in [0.05, 0.1) is 4.90 Å². The summed E-state index contributed by atoms with van der Waals surface area (Å²) in [5.74, 6) is 1.45. The van der Waals surface area contributed by atoms with Crippen molar-refractivity contribution in [2.75, 3.05) is 19.6 Å². The fourth-order valence-electron chi connectivity index (χ4n) is 3.37. The second-order valence-electron chi connectivity index (χ2n) is 7.77. The van der Waals surface area contributed by atoms with Crippen molar-refractivity contribution in [3.63, 3.8) is 0 Å². The first-order valence-electron chi connectivity index (χ1n) is 9.27. The number of rotatable bonds is 7. The molecule has 1 aromatic carbocycles. The standard InChI is InChI=1S/C19H30N2O2S.ClH/c1-15(2)13-16-5-7-19(8-6-16)24(22,23)21-11-9-18(10-12-21)20-14-17-3-4-17;/h5-8,15,17-18,20H,3-4,9-14H2,1-2H3;1H. The molecule has 25 heavy (non-hydrogen) atoms.